The van der Waals surface area contributed by atoms with Crippen LogP contribution in [0, 0.1) is 5.82 Å². The highest BCUT2D eigenvalue weighted by Crippen LogP contribution is 2.27. The average molecular weight is 622 g/mol. The summed E-state index contributed by atoms with van der Waals surface area (Å²) >= 11 is 0. The molecule has 0 atom stereocenters. The fraction of sp³-hybridized carbons (Fsp3) is 0.273. The number of nitrogens with one attached hydrogen (secondary N) is 1. The molecule has 5 aromatic rings. The van der Waals surface area contributed by atoms with Crippen LogP contribution in [-0.2, 0) is 11.2 Å². The second-order valence-electron chi connectivity index (χ2n) is 11.3. The van der Waals surface area contributed by atoms with Gasteiger partial charge in [-0.15, -0.1) is 0 Å². The Bertz CT molecular complexity index is 1950. The number of pyridine rings is 1. The first kappa shape index (κ1) is 29.3. The number of fused-ring (bicyclic) bond motifs is 1. The monoisotopic (exact) mass is 621 g/mol. The molecule has 2 aliphatic heterocycles. The van der Waals surface area contributed by atoms with Gasteiger partial charge in [-0.1, -0.05) is 24.3 Å². The van der Waals surface area contributed by atoms with Gasteiger partial charge in [0.15, 0.2) is 0 Å². The van der Waals surface area contributed by atoms with Crippen LogP contribution in [0.1, 0.15) is 21.6 Å². The minimum atomic E-state index is -0.580. The average Bonchev–Trinajstić information content (AvgIpc) is 3.10. The quantitative estimate of drug-likeness (QED) is 0.290. The maximum atomic E-state index is 15.0. The number of aromatic nitrogens is 5. The third-order valence-corrected chi connectivity index (χ3v) is 8.38. The normalized spacial score (nSPS) is 15.4. The third kappa shape index (κ3) is 5.96. The zero-order valence-corrected chi connectivity index (χ0v) is 25.0. The Morgan fingerprint density at radius 3 is 2.46 bits per heavy atom. The lowest BCUT2D eigenvalue weighted by molar-refractivity contribution is 0.0741. The van der Waals surface area contributed by atoms with E-state index in [1.165, 1.54) is 6.07 Å². The van der Waals surface area contributed by atoms with Crippen molar-refractivity contribution in [2.45, 2.75) is 6.42 Å². The predicted molar refractivity (Wildman–Crippen MR) is 172 cm³/mol. The molecule has 5 heterocycles. The van der Waals surface area contributed by atoms with Gasteiger partial charge in [-0.2, -0.15) is 10.1 Å². The number of amides is 1. The predicted octanol–water partition coefficient (Wildman–Crippen LogP) is 2.89. The Kier molecular flexibility index (Phi) is 7.97. The highest BCUT2D eigenvalue weighted by Gasteiger charge is 2.27. The number of ether oxygens (including phenoxy) is 1. The summed E-state index contributed by atoms with van der Waals surface area (Å²) in [6, 6.07) is 17.3. The van der Waals surface area contributed by atoms with Gasteiger partial charge in [-0.05, 0) is 35.9 Å². The summed E-state index contributed by atoms with van der Waals surface area (Å²) in [6.07, 6.45) is 2.02. The molecule has 46 heavy (non-hydrogen) atoms. The van der Waals surface area contributed by atoms with Crippen LogP contribution in [0.15, 0.2) is 71.7 Å². The van der Waals surface area contributed by atoms with Crippen molar-refractivity contribution in [1.29, 1.82) is 0 Å². The number of hydrogen-bond acceptors (Lipinski definition) is 10. The third-order valence-electron chi connectivity index (χ3n) is 8.38. The zero-order chi connectivity index (χ0) is 31.6. The molecular weight excluding hydrogens is 589 g/mol. The van der Waals surface area contributed by atoms with Crippen molar-refractivity contribution in [2.75, 3.05) is 68.0 Å². The van der Waals surface area contributed by atoms with Crippen LogP contribution < -0.4 is 21.1 Å². The maximum Gasteiger partial charge on any atom is 0.272 e. The SMILES string of the molecule is Nc1ccc(-c2cc(N3CCN(C(=O)c4cc(Cc5n[nH]c(=O)c6ccccc56)ccc4F)CC3)nc(N3CCOCC3)n2)cn1. The Labute approximate surface area is 263 Å². The number of aromatic amines is 1. The Hall–Kier alpha value is -5.43. The molecule has 2 aliphatic rings. The minimum absolute atomic E-state index is 0.00876. The first-order valence-electron chi connectivity index (χ1n) is 15.2. The number of benzene rings is 2. The van der Waals surface area contributed by atoms with Crippen LogP contribution in [-0.4, -0.2) is 88.4 Å². The van der Waals surface area contributed by atoms with E-state index >= 15 is 4.39 Å². The number of halogens is 1. The molecule has 0 unspecified atom stereocenters. The molecule has 234 valence electrons. The van der Waals surface area contributed by atoms with Crippen molar-refractivity contribution in [3.63, 3.8) is 0 Å². The first-order chi connectivity index (χ1) is 22.4. The summed E-state index contributed by atoms with van der Waals surface area (Å²) in [5, 5.41) is 8.01. The van der Waals surface area contributed by atoms with Crippen LogP contribution in [0.25, 0.3) is 22.0 Å². The first-order valence-corrected chi connectivity index (χ1v) is 15.2. The number of nitrogens with zero attached hydrogens (tertiary/aromatic N) is 7. The fourth-order valence-corrected chi connectivity index (χ4v) is 5.85. The Balaban J connectivity index is 1.09. The number of piperazine rings is 1. The molecule has 1 amide bonds. The van der Waals surface area contributed by atoms with Gasteiger partial charge in [0.1, 0.15) is 17.5 Å². The van der Waals surface area contributed by atoms with Crippen molar-refractivity contribution in [3.05, 3.63) is 99.9 Å². The number of hydrogen-bond donors (Lipinski definition) is 2. The van der Waals surface area contributed by atoms with Gasteiger partial charge in [-0.3, -0.25) is 9.59 Å². The lowest BCUT2D eigenvalue weighted by atomic mass is 10.0. The molecule has 12 nitrogen and oxygen atoms in total. The second kappa shape index (κ2) is 12.5. The van der Waals surface area contributed by atoms with Crippen molar-refractivity contribution in [3.8, 4) is 11.3 Å². The lowest BCUT2D eigenvalue weighted by Crippen LogP contribution is -2.49. The van der Waals surface area contributed by atoms with Crippen LogP contribution >= 0.6 is 0 Å². The highest BCUT2D eigenvalue weighted by molar-refractivity contribution is 5.95. The topological polar surface area (TPSA) is 146 Å². The number of carbonyl (C=O) groups is 1. The highest BCUT2D eigenvalue weighted by atomic mass is 19.1. The molecule has 2 aromatic carbocycles. The van der Waals surface area contributed by atoms with E-state index in [0.717, 1.165) is 28.0 Å². The van der Waals surface area contributed by atoms with Crippen LogP contribution in [0.5, 0.6) is 0 Å². The maximum absolute atomic E-state index is 15.0. The van der Waals surface area contributed by atoms with Gasteiger partial charge in [0.05, 0.1) is 35.6 Å². The number of nitrogens with two attached hydrogens (primary N) is 1. The largest absolute Gasteiger partial charge is 0.384 e. The van der Waals surface area contributed by atoms with Gasteiger partial charge < -0.3 is 25.2 Å². The van der Waals surface area contributed by atoms with Crippen molar-refractivity contribution >= 4 is 34.3 Å². The van der Waals surface area contributed by atoms with Gasteiger partial charge in [0.2, 0.25) is 5.95 Å². The van der Waals surface area contributed by atoms with Crippen molar-refractivity contribution < 1.29 is 13.9 Å². The van der Waals surface area contributed by atoms with Crippen molar-refractivity contribution in [1.82, 2.24) is 30.0 Å². The van der Waals surface area contributed by atoms with Crippen LogP contribution in [0.2, 0.25) is 0 Å². The van der Waals surface area contributed by atoms with Crippen LogP contribution in [0.4, 0.5) is 22.0 Å². The summed E-state index contributed by atoms with van der Waals surface area (Å²) < 4.78 is 20.6. The molecular formula is C33H32FN9O3. The number of morpholine rings is 1. The molecule has 0 bridgehead atoms. The molecule has 2 fully saturated rings. The molecule has 0 spiro atoms. The van der Waals surface area contributed by atoms with E-state index in [4.69, 9.17) is 20.4 Å². The summed E-state index contributed by atoms with van der Waals surface area (Å²) in [4.78, 5) is 45.6. The van der Waals surface area contributed by atoms with Gasteiger partial charge in [-0.25, -0.2) is 19.5 Å². The standard InChI is InChI=1S/C33H32FN9O3/c34-26-7-5-21(18-28-23-3-1-2-4-24(23)31(44)40-39-28)17-25(26)32(45)42-11-9-41(10-12-42)30-19-27(22-6-8-29(35)36-20-22)37-33(38-30)43-13-15-46-16-14-43/h1-8,17,19-20H,9-16,18H2,(H2,35,36)(H,40,44). The minimum Gasteiger partial charge on any atom is -0.384 e. The Morgan fingerprint density at radius 1 is 0.913 bits per heavy atom. The summed E-state index contributed by atoms with van der Waals surface area (Å²) in [5.41, 5.74) is 8.45. The lowest BCUT2D eigenvalue weighted by Gasteiger charge is -2.36. The Morgan fingerprint density at radius 2 is 1.70 bits per heavy atom. The van der Waals surface area contributed by atoms with E-state index in [-0.39, 0.29) is 17.0 Å². The summed E-state index contributed by atoms with van der Waals surface area (Å²) in [6.45, 7) is 4.38. The molecule has 0 saturated carbocycles. The smallest absolute Gasteiger partial charge is 0.272 e. The van der Waals surface area contributed by atoms with Crippen LogP contribution in [0.3, 0.4) is 0 Å². The number of anilines is 3. The van der Waals surface area contributed by atoms with Gasteiger partial charge in [0.25, 0.3) is 11.5 Å². The second-order valence-corrected chi connectivity index (χ2v) is 11.3. The van der Waals surface area contributed by atoms with E-state index in [9.17, 15) is 9.59 Å². The summed E-state index contributed by atoms with van der Waals surface area (Å²) in [5.74, 6) is 0.821. The molecule has 3 N–H and O–H groups in total. The van der Waals surface area contributed by atoms with E-state index in [0.29, 0.717) is 81.7 Å². The van der Waals surface area contributed by atoms with E-state index in [1.54, 1.807) is 41.4 Å². The van der Waals surface area contributed by atoms with Gasteiger partial charge >= 0.3 is 0 Å². The molecule has 0 radical (unpaired) electrons. The molecule has 0 aliphatic carbocycles. The molecule has 2 saturated heterocycles. The van der Waals surface area contributed by atoms with Crippen molar-refractivity contribution in [2.24, 2.45) is 0 Å². The molecule has 13 heteroatoms. The molecule has 3 aromatic heterocycles. The molecule has 7 rings (SSSR count). The summed E-state index contributed by atoms with van der Waals surface area (Å²) in [7, 11) is 0. The van der Waals surface area contributed by atoms with Gasteiger partial charge in [0, 0.05) is 68.9 Å². The number of rotatable bonds is 6. The number of nitrogen functional groups attached to an aromatic ring is 1. The fourth-order valence-electron chi connectivity index (χ4n) is 5.85. The van der Waals surface area contributed by atoms with E-state index < -0.39 is 5.82 Å². The van der Waals surface area contributed by atoms with E-state index in [1.807, 2.05) is 24.3 Å². The van der Waals surface area contributed by atoms with E-state index in [2.05, 4.69) is 25.0 Å². The number of carbonyl (C=O) groups excluding carboxylic acids is 1. The zero-order valence-electron chi connectivity index (χ0n) is 25.0. The number of H-pyrrole nitrogens is 1.